The van der Waals surface area contributed by atoms with Gasteiger partial charge in [0.25, 0.3) is 5.91 Å². The molecule has 0 saturated carbocycles. The Balaban J connectivity index is 2.01. The van der Waals surface area contributed by atoms with Gasteiger partial charge in [-0.1, -0.05) is 85.5 Å². The maximum Gasteiger partial charge on any atom is 0.265 e. The number of unbranched alkanes of at least 4 members (excludes halogenated alkanes) is 9. The fraction of sp³-hybridized carbons (Fsp3) is 0.581. The summed E-state index contributed by atoms with van der Waals surface area (Å²) in [4.78, 5) is 13.3. The highest BCUT2D eigenvalue weighted by molar-refractivity contribution is 7.92. The van der Waals surface area contributed by atoms with Crippen LogP contribution in [0.5, 0.6) is 11.5 Å². The molecular formula is C31H48N2O5S. The molecule has 0 fully saturated rings. The minimum Gasteiger partial charge on any atom is -0.508 e. The number of hydrogen-bond acceptors (Lipinski definition) is 5. The van der Waals surface area contributed by atoms with E-state index in [-0.39, 0.29) is 17.1 Å². The lowest BCUT2D eigenvalue weighted by atomic mass is 9.86. The number of anilines is 2. The predicted molar refractivity (Wildman–Crippen MR) is 161 cm³/mol. The smallest absolute Gasteiger partial charge is 0.265 e. The summed E-state index contributed by atoms with van der Waals surface area (Å²) in [5.41, 5.74) is 1.45. The number of amides is 1. The molecule has 0 saturated heterocycles. The van der Waals surface area contributed by atoms with Crippen molar-refractivity contribution in [2.24, 2.45) is 0 Å². The van der Waals surface area contributed by atoms with Gasteiger partial charge in [0.05, 0.1) is 6.26 Å². The Bertz CT molecular complexity index is 1120. The molecule has 1 unspecified atom stereocenters. The van der Waals surface area contributed by atoms with E-state index >= 15 is 0 Å². The zero-order valence-corrected chi connectivity index (χ0v) is 25.2. The van der Waals surface area contributed by atoms with Crippen molar-refractivity contribution in [3.8, 4) is 11.5 Å². The van der Waals surface area contributed by atoms with Crippen LogP contribution in [-0.2, 0) is 20.2 Å². The Labute approximate surface area is 235 Å². The molecule has 2 aromatic rings. The lowest BCUT2D eigenvalue weighted by Gasteiger charge is -2.23. The summed E-state index contributed by atoms with van der Waals surface area (Å²) >= 11 is 0. The van der Waals surface area contributed by atoms with Crippen LogP contribution >= 0.6 is 0 Å². The van der Waals surface area contributed by atoms with Crippen LogP contribution in [0.25, 0.3) is 0 Å². The first-order chi connectivity index (χ1) is 18.4. The molecule has 1 amide bonds. The number of phenols is 1. The highest BCUT2D eigenvalue weighted by atomic mass is 32.2. The van der Waals surface area contributed by atoms with Crippen molar-refractivity contribution in [1.29, 1.82) is 0 Å². The minimum absolute atomic E-state index is 0.202. The summed E-state index contributed by atoms with van der Waals surface area (Å²) in [6.45, 7) is 8.28. The van der Waals surface area contributed by atoms with E-state index < -0.39 is 16.1 Å². The highest BCUT2D eigenvalue weighted by Crippen LogP contribution is 2.34. The fourth-order valence-electron chi connectivity index (χ4n) is 4.47. The molecule has 218 valence electrons. The highest BCUT2D eigenvalue weighted by Gasteiger charge is 2.23. The van der Waals surface area contributed by atoms with Gasteiger partial charge >= 0.3 is 0 Å². The molecule has 39 heavy (non-hydrogen) atoms. The van der Waals surface area contributed by atoms with Crippen LogP contribution in [0.2, 0.25) is 0 Å². The van der Waals surface area contributed by atoms with Crippen LogP contribution < -0.4 is 14.8 Å². The Morgan fingerprint density at radius 3 is 1.95 bits per heavy atom. The number of sulfonamides is 1. The van der Waals surface area contributed by atoms with E-state index in [1.165, 1.54) is 44.9 Å². The number of carbonyl (C=O) groups is 1. The van der Waals surface area contributed by atoms with Gasteiger partial charge in [0.2, 0.25) is 10.0 Å². The zero-order valence-electron chi connectivity index (χ0n) is 24.4. The lowest BCUT2D eigenvalue weighted by molar-refractivity contribution is -0.123. The molecule has 0 radical (unpaired) electrons. The third kappa shape index (κ3) is 12.8. The van der Waals surface area contributed by atoms with E-state index in [1.807, 2.05) is 20.8 Å². The molecule has 0 spiro atoms. The Kier molecular flexibility index (Phi) is 13.1. The fourth-order valence-corrected chi connectivity index (χ4v) is 5.04. The SMILES string of the molecule is CCCCCCCCCCCCC(Oc1ccc(O)c(C(C)(C)C)c1)C(=O)Nc1ccc(NS(C)(=O)=O)cc1. The number of nitrogens with one attached hydrogen (secondary N) is 2. The van der Waals surface area contributed by atoms with Gasteiger partial charge in [-0.15, -0.1) is 0 Å². The molecule has 0 aliphatic heterocycles. The monoisotopic (exact) mass is 560 g/mol. The first-order valence-corrected chi connectivity index (χ1v) is 16.2. The molecule has 0 aliphatic carbocycles. The van der Waals surface area contributed by atoms with Crippen LogP contribution in [0.3, 0.4) is 0 Å². The van der Waals surface area contributed by atoms with Crippen molar-refractivity contribution >= 4 is 27.3 Å². The van der Waals surface area contributed by atoms with Crippen molar-refractivity contribution in [2.75, 3.05) is 16.3 Å². The van der Waals surface area contributed by atoms with Crippen LogP contribution in [0.1, 0.15) is 104 Å². The summed E-state index contributed by atoms with van der Waals surface area (Å²) in [6, 6.07) is 11.6. The van der Waals surface area contributed by atoms with Crippen LogP contribution in [0, 0.1) is 0 Å². The van der Waals surface area contributed by atoms with Crippen molar-refractivity contribution in [3.63, 3.8) is 0 Å². The number of aromatic hydroxyl groups is 1. The van der Waals surface area contributed by atoms with Crippen LogP contribution in [-0.4, -0.2) is 31.8 Å². The molecular weight excluding hydrogens is 512 g/mol. The van der Waals surface area contributed by atoms with E-state index in [0.717, 1.165) is 31.1 Å². The Morgan fingerprint density at radius 1 is 0.872 bits per heavy atom. The van der Waals surface area contributed by atoms with E-state index in [0.29, 0.717) is 23.5 Å². The number of hydrogen-bond donors (Lipinski definition) is 3. The Morgan fingerprint density at radius 2 is 1.41 bits per heavy atom. The average molecular weight is 561 g/mol. The number of ether oxygens (including phenoxy) is 1. The topological polar surface area (TPSA) is 105 Å². The molecule has 2 rings (SSSR count). The number of phenolic OH excluding ortho intramolecular Hbond substituents is 1. The molecule has 7 nitrogen and oxygen atoms in total. The first kappa shape index (κ1) is 32.5. The second-order valence-electron chi connectivity index (χ2n) is 11.4. The number of benzene rings is 2. The molecule has 0 aliphatic rings. The van der Waals surface area contributed by atoms with Crippen molar-refractivity contribution in [1.82, 2.24) is 0 Å². The van der Waals surface area contributed by atoms with Gasteiger partial charge in [0.1, 0.15) is 11.5 Å². The quantitative estimate of drug-likeness (QED) is 0.172. The number of carbonyl (C=O) groups excluding carboxylic acids is 1. The molecule has 2 aromatic carbocycles. The van der Waals surface area contributed by atoms with Crippen LogP contribution in [0.15, 0.2) is 42.5 Å². The summed E-state index contributed by atoms with van der Waals surface area (Å²) < 4.78 is 31.5. The van der Waals surface area contributed by atoms with Gasteiger partial charge in [-0.3, -0.25) is 9.52 Å². The summed E-state index contributed by atoms with van der Waals surface area (Å²) in [5.74, 6) is 0.478. The largest absolute Gasteiger partial charge is 0.508 e. The second kappa shape index (κ2) is 15.8. The van der Waals surface area contributed by atoms with Gasteiger partial charge in [-0.25, -0.2) is 8.42 Å². The number of rotatable bonds is 17. The van der Waals surface area contributed by atoms with Gasteiger partial charge < -0.3 is 15.2 Å². The molecule has 3 N–H and O–H groups in total. The third-order valence-corrected chi connectivity index (χ3v) is 7.23. The summed E-state index contributed by atoms with van der Waals surface area (Å²) in [7, 11) is -3.38. The van der Waals surface area contributed by atoms with Gasteiger partial charge in [0.15, 0.2) is 6.10 Å². The zero-order chi connectivity index (χ0) is 28.9. The van der Waals surface area contributed by atoms with E-state index in [1.54, 1.807) is 42.5 Å². The van der Waals surface area contributed by atoms with Crippen LogP contribution in [0.4, 0.5) is 11.4 Å². The maximum absolute atomic E-state index is 13.3. The summed E-state index contributed by atoms with van der Waals surface area (Å²) in [6.07, 6.45) is 13.0. The molecule has 0 heterocycles. The van der Waals surface area contributed by atoms with E-state index in [2.05, 4.69) is 17.0 Å². The second-order valence-corrected chi connectivity index (χ2v) is 13.2. The van der Waals surface area contributed by atoms with E-state index in [4.69, 9.17) is 4.74 Å². The first-order valence-electron chi connectivity index (χ1n) is 14.3. The van der Waals surface area contributed by atoms with Gasteiger partial charge in [0, 0.05) is 16.9 Å². The maximum atomic E-state index is 13.3. The summed E-state index contributed by atoms with van der Waals surface area (Å²) in [5, 5.41) is 13.2. The Hall–Kier alpha value is -2.74. The average Bonchev–Trinajstić information content (AvgIpc) is 2.85. The van der Waals surface area contributed by atoms with Gasteiger partial charge in [-0.2, -0.15) is 0 Å². The van der Waals surface area contributed by atoms with Gasteiger partial charge in [-0.05, 0) is 60.7 Å². The normalized spacial score (nSPS) is 12.6. The van der Waals surface area contributed by atoms with Crippen molar-refractivity contribution in [3.05, 3.63) is 48.0 Å². The van der Waals surface area contributed by atoms with E-state index in [9.17, 15) is 18.3 Å². The molecule has 0 bridgehead atoms. The lowest BCUT2D eigenvalue weighted by Crippen LogP contribution is -2.33. The van der Waals surface area contributed by atoms with Crippen molar-refractivity contribution < 1.29 is 23.1 Å². The standard InChI is InChI=1S/C31H48N2O5S/c1-6-7-8-9-10-11-12-13-14-15-16-29(38-26-21-22-28(34)27(23-26)31(2,3)4)30(35)32-24-17-19-25(20-18-24)33-39(5,36)37/h17-23,29,33-34H,6-16H2,1-5H3,(H,32,35). The third-order valence-electron chi connectivity index (χ3n) is 6.62. The van der Waals surface area contributed by atoms with Crippen molar-refractivity contribution in [2.45, 2.75) is 110 Å². The molecule has 0 aromatic heterocycles. The molecule has 8 heteroatoms. The minimum atomic E-state index is -3.38. The molecule has 1 atom stereocenters. The predicted octanol–water partition coefficient (Wildman–Crippen LogP) is 7.76.